The van der Waals surface area contributed by atoms with E-state index in [1.165, 1.54) is 25.7 Å². The predicted octanol–water partition coefficient (Wildman–Crippen LogP) is 4.86. The minimum atomic E-state index is 0.345. The lowest BCUT2D eigenvalue weighted by Gasteiger charge is -2.35. The van der Waals surface area contributed by atoms with E-state index in [0.717, 1.165) is 41.9 Å². The summed E-state index contributed by atoms with van der Waals surface area (Å²) in [6.07, 6.45) is 12.8. The SMILES string of the molecule is CC[C@@H]1C[C@@H](OC2CCC(C)(C)CC2)C[C@@H]1c1nnc2cnc3[nH]ccc3n12. The molecule has 3 heterocycles. The van der Waals surface area contributed by atoms with Gasteiger partial charge in [0.25, 0.3) is 0 Å². The minimum absolute atomic E-state index is 0.345. The Morgan fingerprint density at radius 1 is 1.18 bits per heavy atom. The number of aromatic nitrogens is 5. The number of hydrogen-bond acceptors (Lipinski definition) is 4. The maximum Gasteiger partial charge on any atom is 0.179 e. The smallest absolute Gasteiger partial charge is 0.179 e. The molecular formula is C22H31N5O. The second-order valence-corrected chi connectivity index (χ2v) is 9.59. The molecule has 0 radical (unpaired) electrons. The van der Waals surface area contributed by atoms with E-state index in [9.17, 15) is 0 Å². The van der Waals surface area contributed by atoms with Crippen LogP contribution >= 0.6 is 0 Å². The van der Waals surface area contributed by atoms with E-state index in [1.54, 1.807) is 0 Å². The van der Waals surface area contributed by atoms with Crippen molar-refractivity contribution in [1.29, 1.82) is 0 Å². The van der Waals surface area contributed by atoms with Crippen molar-refractivity contribution in [2.24, 2.45) is 11.3 Å². The Morgan fingerprint density at radius 3 is 2.79 bits per heavy atom. The zero-order valence-corrected chi connectivity index (χ0v) is 17.2. The standard InChI is InChI=1S/C22H31N5O/c1-4-14-11-16(28-15-5-8-22(2,3)9-6-15)12-17(14)21-26-25-19-13-24-20-18(27(19)21)7-10-23-20/h7,10,13-17,23H,4-6,8-9,11-12H2,1-3H3/t14-,16-,17+/m1/s1. The summed E-state index contributed by atoms with van der Waals surface area (Å²) >= 11 is 0. The fourth-order valence-electron chi connectivity index (χ4n) is 5.37. The fourth-order valence-corrected chi connectivity index (χ4v) is 5.37. The van der Waals surface area contributed by atoms with Crippen molar-refractivity contribution in [1.82, 2.24) is 24.6 Å². The molecule has 2 saturated carbocycles. The van der Waals surface area contributed by atoms with E-state index in [-0.39, 0.29) is 0 Å². The van der Waals surface area contributed by atoms with Crippen LogP contribution in [0, 0.1) is 11.3 Å². The average Bonchev–Trinajstić information content (AvgIpc) is 3.39. The highest BCUT2D eigenvalue weighted by Gasteiger charge is 2.39. The Kier molecular flexibility index (Phi) is 4.42. The first-order chi connectivity index (χ1) is 13.5. The Morgan fingerprint density at radius 2 is 2.00 bits per heavy atom. The summed E-state index contributed by atoms with van der Waals surface area (Å²) in [5.41, 5.74) is 3.26. The van der Waals surface area contributed by atoms with Crippen LogP contribution < -0.4 is 0 Å². The second-order valence-electron chi connectivity index (χ2n) is 9.59. The molecule has 150 valence electrons. The van der Waals surface area contributed by atoms with Gasteiger partial charge in [0, 0.05) is 12.1 Å². The molecular weight excluding hydrogens is 350 g/mol. The molecule has 0 amide bonds. The molecule has 1 N–H and O–H groups in total. The van der Waals surface area contributed by atoms with Crippen LogP contribution in [0.25, 0.3) is 16.8 Å². The summed E-state index contributed by atoms with van der Waals surface area (Å²) in [7, 11) is 0. The van der Waals surface area contributed by atoms with Gasteiger partial charge in [-0.2, -0.15) is 0 Å². The largest absolute Gasteiger partial charge is 0.375 e. The molecule has 6 nitrogen and oxygen atoms in total. The highest BCUT2D eigenvalue weighted by atomic mass is 16.5. The van der Waals surface area contributed by atoms with Crippen LogP contribution in [0.3, 0.4) is 0 Å². The predicted molar refractivity (Wildman–Crippen MR) is 109 cm³/mol. The van der Waals surface area contributed by atoms with E-state index >= 15 is 0 Å². The summed E-state index contributed by atoms with van der Waals surface area (Å²) in [6.45, 7) is 7.06. The molecule has 0 spiro atoms. The van der Waals surface area contributed by atoms with Crippen molar-refractivity contribution in [3.8, 4) is 0 Å². The third kappa shape index (κ3) is 3.11. The molecule has 28 heavy (non-hydrogen) atoms. The van der Waals surface area contributed by atoms with Gasteiger partial charge in [-0.05, 0) is 55.9 Å². The molecule has 5 rings (SSSR count). The van der Waals surface area contributed by atoms with Gasteiger partial charge in [-0.3, -0.25) is 4.40 Å². The van der Waals surface area contributed by atoms with Gasteiger partial charge in [0.15, 0.2) is 11.3 Å². The highest BCUT2D eigenvalue weighted by molar-refractivity contribution is 5.74. The number of ether oxygens (including phenoxy) is 1. The lowest BCUT2D eigenvalue weighted by molar-refractivity contribution is -0.0437. The number of H-pyrrole nitrogens is 1. The van der Waals surface area contributed by atoms with Gasteiger partial charge in [0.05, 0.1) is 23.9 Å². The van der Waals surface area contributed by atoms with Crippen molar-refractivity contribution < 1.29 is 4.74 Å². The number of fused-ring (bicyclic) bond motifs is 3. The first kappa shape index (κ1) is 18.1. The number of nitrogens with zero attached hydrogens (tertiary/aromatic N) is 4. The first-order valence-electron chi connectivity index (χ1n) is 10.9. The third-order valence-corrected chi connectivity index (χ3v) is 7.15. The molecule has 0 bridgehead atoms. The average molecular weight is 382 g/mol. The van der Waals surface area contributed by atoms with Crippen LogP contribution in [0.1, 0.15) is 77.5 Å². The number of rotatable bonds is 4. The molecule has 0 saturated heterocycles. The van der Waals surface area contributed by atoms with E-state index in [4.69, 9.17) is 4.74 Å². The summed E-state index contributed by atoms with van der Waals surface area (Å²) < 4.78 is 8.81. The van der Waals surface area contributed by atoms with E-state index < -0.39 is 0 Å². The summed E-state index contributed by atoms with van der Waals surface area (Å²) in [4.78, 5) is 7.65. The van der Waals surface area contributed by atoms with Crippen LogP contribution in [0.15, 0.2) is 18.5 Å². The fraction of sp³-hybridized carbons (Fsp3) is 0.682. The first-order valence-corrected chi connectivity index (χ1v) is 10.9. The minimum Gasteiger partial charge on any atom is -0.375 e. The molecule has 6 heteroatoms. The monoisotopic (exact) mass is 381 g/mol. The van der Waals surface area contributed by atoms with Crippen molar-refractivity contribution in [2.45, 2.75) is 83.8 Å². The molecule has 0 aliphatic heterocycles. The van der Waals surface area contributed by atoms with E-state index in [0.29, 0.717) is 29.5 Å². The Bertz CT molecular complexity index is 964. The zero-order valence-electron chi connectivity index (χ0n) is 17.2. The Balaban J connectivity index is 1.38. The Labute approximate surface area is 166 Å². The maximum absolute atomic E-state index is 6.61. The molecule has 0 unspecified atom stereocenters. The number of aromatic amines is 1. The summed E-state index contributed by atoms with van der Waals surface area (Å²) in [5, 5.41) is 9.02. The summed E-state index contributed by atoms with van der Waals surface area (Å²) in [6, 6.07) is 2.07. The molecule has 2 aliphatic carbocycles. The molecule has 3 aromatic rings. The molecule has 2 aliphatic rings. The number of hydrogen-bond donors (Lipinski definition) is 1. The van der Waals surface area contributed by atoms with Gasteiger partial charge in [-0.15, -0.1) is 10.2 Å². The van der Waals surface area contributed by atoms with Crippen LogP contribution in [0.4, 0.5) is 0 Å². The lowest BCUT2D eigenvalue weighted by Crippen LogP contribution is -2.29. The number of nitrogens with one attached hydrogen (secondary N) is 1. The van der Waals surface area contributed by atoms with Crippen LogP contribution in [0.2, 0.25) is 0 Å². The second kappa shape index (κ2) is 6.83. The zero-order chi connectivity index (χ0) is 19.3. The molecule has 2 fully saturated rings. The lowest BCUT2D eigenvalue weighted by atomic mass is 9.76. The van der Waals surface area contributed by atoms with Gasteiger partial charge in [0.1, 0.15) is 5.82 Å². The van der Waals surface area contributed by atoms with Gasteiger partial charge in [0.2, 0.25) is 0 Å². The van der Waals surface area contributed by atoms with Gasteiger partial charge < -0.3 is 9.72 Å². The molecule has 0 aromatic carbocycles. The topological polar surface area (TPSA) is 68.1 Å². The van der Waals surface area contributed by atoms with Gasteiger partial charge in [-0.25, -0.2) is 4.98 Å². The Hall–Kier alpha value is -1.95. The molecule has 3 aromatic heterocycles. The van der Waals surface area contributed by atoms with Crippen molar-refractivity contribution >= 4 is 16.8 Å². The maximum atomic E-state index is 6.61. The van der Waals surface area contributed by atoms with Crippen molar-refractivity contribution in [2.75, 3.05) is 0 Å². The van der Waals surface area contributed by atoms with Crippen LogP contribution in [-0.2, 0) is 4.74 Å². The van der Waals surface area contributed by atoms with Gasteiger partial charge in [-0.1, -0.05) is 27.2 Å². The quantitative estimate of drug-likeness (QED) is 0.700. The highest BCUT2D eigenvalue weighted by Crippen LogP contribution is 2.44. The van der Waals surface area contributed by atoms with Crippen molar-refractivity contribution in [3.63, 3.8) is 0 Å². The summed E-state index contributed by atoms with van der Waals surface area (Å²) in [5.74, 6) is 2.06. The molecule has 3 atom stereocenters. The van der Waals surface area contributed by atoms with Crippen LogP contribution in [0.5, 0.6) is 0 Å². The van der Waals surface area contributed by atoms with Crippen LogP contribution in [-0.4, -0.2) is 36.8 Å². The normalized spacial score (nSPS) is 28.5. The van der Waals surface area contributed by atoms with Gasteiger partial charge >= 0.3 is 0 Å². The van der Waals surface area contributed by atoms with E-state index in [1.807, 2.05) is 12.4 Å². The third-order valence-electron chi connectivity index (χ3n) is 7.15. The van der Waals surface area contributed by atoms with Crippen molar-refractivity contribution in [3.05, 3.63) is 24.3 Å². The van der Waals surface area contributed by atoms with E-state index in [2.05, 4.69) is 51.4 Å².